The van der Waals surface area contributed by atoms with Crippen molar-refractivity contribution in [2.75, 3.05) is 6.54 Å². The van der Waals surface area contributed by atoms with Crippen molar-refractivity contribution in [2.45, 2.75) is 122 Å². The van der Waals surface area contributed by atoms with Crippen molar-refractivity contribution in [1.29, 1.82) is 0 Å². The summed E-state index contributed by atoms with van der Waals surface area (Å²) in [6.45, 7) is 9.41. The van der Waals surface area contributed by atoms with Gasteiger partial charge in [-0.2, -0.15) is 0 Å². The molecule has 0 fully saturated rings. The zero-order chi connectivity index (χ0) is 19.7. The van der Waals surface area contributed by atoms with Crippen LogP contribution in [0.1, 0.15) is 104 Å². The second-order valence-electron chi connectivity index (χ2n) is 8.27. The molecule has 3 nitrogen and oxygen atoms in total. The highest BCUT2D eigenvalue weighted by atomic mass is 31.3. The van der Waals surface area contributed by atoms with Crippen molar-refractivity contribution in [3.05, 3.63) is 0 Å². The van der Waals surface area contributed by atoms with E-state index in [9.17, 15) is 9.36 Å². The molecule has 0 aromatic rings. The predicted molar refractivity (Wildman–Crippen MR) is 118 cm³/mol. The summed E-state index contributed by atoms with van der Waals surface area (Å²) in [6, 6.07) is 0. The number of carbonyl (C=O) groups is 1. The maximum Gasteiger partial charge on any atom is 0.221 e. The highest BCUT2D eigenvalue weighted by Gasteiger charge is 2.38. The van der Waals surface area contributed by atoms with Gasteiger partial charge in [-0.05, 0) is 12.8 Å². The number of hydrogen-bond acceptors (Lipinski definition) is 2. The standard InChI is InChI=1S/C21H44NO2PSi/c1-5-7-9-11-13-14-16-18-20(26(3,4)25-24)21(23)22-19-17-15-12-10-8-6-2/h20H,5-19H2,1-4H3,(H,22,23). The molecule has 0 spiro atoms. The van der Waals surface area contributed by atoms with Crippen LogP contribution in [-0.2, 0) is 9.36 Å². The largest absolute Gasteiger partial charge is 0.356 e. The molecule has 0 radical (unpaired) electrons. The third-order valence-corrected chi connectivity index (χ3v) is 10.4. The van der Waals surface area contributed by atoms with Crippen molar-refractivity contribution in [1.82, 2.24) is 5.32 Å². The van der Waals surface area contributed by atoms with Crippen LogP contribution < -0.4 is 5.32 Å². The summed E-state index contributed by atoms with van der Waals surface area (Å²) in [5, 5.41) is 3.14. The minimum absolute atomic E-state index is 0.0163. The highest BCUT2D eigenvalue weighted by molar-refractivity contribution is 7.73. The first-order chi connectivity index (χ1) is 12.5. The number of amides is 1. The average molecular weight is 402 g/mol. The topological polar surface area (TPSA) is 46.2 Å². The van der Waals surface area contributed by atoms with E-state index >= 15 is 0 Å². The predicted octanol–water partition coefficient (Wildman–Crippen LogP) is 7.47. The normalized spacial score (nSPS) is 13.1. The van der Waals surface area contributed by atoms with Crippen LogP contribution in [0, 0.1) is 0 Å². The molecule has 5 heteroatoms. The number of hydrogen-bond donors (Lipinski definition) is 1. The zero-order valence-corrected chi connectivity index (χ0v) is 19.8. The molecule has 0 aromatic heterocycles. The summed E-state index contributed by atoms with van der Waals surface area (Å²) >= 11 is 0. The molecule has 1 unspecified atom stereocenters. The van der Waals surface area contributed by atoms with Crippen LogP contribution in [0.5, 0.6) is 0 Å². The van der Waals surface area contributed by atoms with Gasteiger partial charge < -0.3 is 5.32 Å². The Labute approximate surface area is 165 Å². The second-order valence-corrected chi connectivity index (χ2v) is 16.5. The lowest BCUT2D eigenvalue weighted by molar-refractivity contribution is -0.121. The third kappa shape index (κ3) is 13.0. The van der Waals surface area contributed by atoms with Crippen LogP contribution in [-0.4, -0.2) is 20.2 Å². The minimum atomic E-state index is -2.03. The number of rotatable bonds is 18. The fourth-order valence-electron chi connectivity index (χ4n) is 3.41. The summed E-state index contributed by atoms with van der Waals surface area (Å²) in [4.78, 5) is 12.7. The third-order valence-electron chi connectivity index (χ3n) is 5.33. The molecular formula is C21H44NO2PSi. The Bertz CT molecular complexity index is 364. The molecule has 0 saturated heterocycles. The first kappa shape index (κ1) is 25.8. The molecule has 0 bridgehead atoms. The molecule has 0 aliphatic carbocycles. The molecule has 154 valence electrons. The summed E-state index contributed by atoms with van der Waals surface area (Å²) in [7, 11) is -1.82. The maximum atomic E-state index is 12.7. The average Bonchev–Trinajstić information content (AvgIpc) is 2.62. The molecular weight excluding hydrogens is 357 g/mol. The van der Waals surface area contributed by atoms with E-state index in [0.29, 0.717) is 0 Å². The summed E-state index contributed by atoms with van der Waals surface area (Å²) in [5.74, 6) is 0.157. The van der Waals surface area contributed by atoms with Gasteiger partial charge in [-0.15, -0.1) is 0 Å². The van der Waals surface area contributed by atoms with E-state index in [4.69, 9.17) is 0 Å². The Morgan fingerprint density at radius 3 is 1.77 bits per heavy atom. The van der Waals surface area contributed by atoms with Crippen LogP contribution in [0.4, 0.5) is 0 Å². The van der Waals surface area contributed by atoms with Crippen molar-refractivity contribution >= 4 is 21.7 Å². The Morgan fingerprint density at radius 1 is 0.808 bits per heavy atom. The molecule has 0 aliphatic heterocycles. The molecule has 0 heterocycles. The maximum absolute atomic E-state index is 12.7. The SMILES string of the molecule is CCCCCCCCCC(C(=O)NCCCCCCCC)[Si](C)(C)P=O. The molecule has 0 rings (SSSR count). The van der Waals surface area contributed by atoms with Crippen LogP contribution in [0.3, 0.4) is 0 Å². The van der Waals surface area contributed by atoms with E-state index in [0.717, 1.165) is 25.8 Å². The van der Waals surface area contributed by atoms with E-state index in [1.807, 2.05) is 0 Å². The Balaban J connectivity index is 4.12. The van der Waals surface area contributed by atoms with E-state index in [2.05, 4.69) is 32.3 Å². The fourth-order valence-corrected chi connectivity index (χ4v) is 6.32. The fraction of sp³-hybridized carbons (Fsp3) is 0.952. The van der Waals surface area contributed by atoms with E-state index in [1.54, 1.807) is 0 Å². The van der Waals surface area contributed by atoms with Gasteiger partial charge in [0.2, 0.25) is 5.91 Å². The van der Waals surface area contributed by atoms with Crippen LogP contribution in [0.25, 0.3) is 0 Å². The molecule has 26 heavy (non-hydrogen) atoms. The van der Waals surface area contributed by atoms with Crippen LogP contribution in [0.2, 0.25) is 18.6 Å². The summed E-state index contributed by atoms with van der Waals surface area (Å²) in [6.07, 6.45) is 17.1. The van der Waals surface area contributed by atoms with Crippen LogP contribution >= 0.6 is 8.01 Å². The van der Waals surface area contributed by atoms with Crippen molar-refractivity contribution in [3.63, 3.8) is 0 Å². The Kier molecular flexibility index (Phi) is 16.8. The van der Waals surface area contributed by atoms with Crippen molar-refractivity contribution in [2.24, 2.45) is 0 Å². The minimum Gasteiger partial charge on any atom is -0.356 e. The highest BCUT2D eigenvalue weighted by Crippen LogP contribution is 2.35. The first-order valence-electron chi connectivity index (χ1n) is 11.1. The van der Waals surface area contributed by atoms with E-state index in [-0.39, 0.29) is 19.5 Å². The summed E-state index contributed by atoms with van der Waals surface area (Å²) in [5.41, 5.74) is -0.0163. The molecule has 1 N–H and O–H groups in total. The van der Waals surface area contributed by atoms with Gasteiger partial charge in [0.05, 0.1) is 0 Å². The van der Waals surface area contributed by atoms with Gasteiger partial charge >= 0.3 is 0 Å². The van der Waals surface area contributed by atoms with Gasteiger partial charge in [0.15, 0.2) is 7.74 Å². The monoisotopic (exact) mass is 401 g/mol. The zero-order valence-electron chi connectivity index (χ0n) is 17.9. The van der Waals surface area contributed by atoms with Gasteiger partial charge in [-0.25, -0.2) is 0 Å². The Hall–Kier alpha value is -0.213. The van der Waals surface area contributed by atoms with Crippen LogP contribution in [0.15, 0.2) is 0 Å². The first-order valence-corrected chi connectivity index (χ1v) is 15.8. The second kappa shape index (κ2) is 16.9. The lowest BCUT2D eigenvalue weighted by Gasteiger charge is -2.25. The molecule has 1 atom stereocenters. The van der Waals surface area contributed by atoms with Gasteiger partial charge in [0, 0.05) is 12.1 Å². The number of carbonyl (C=O) groups excluding carboxylic acids is 1. The molecule has 0 aliphatic rings. The molecule has 1 amide bonds. The van der Waals surface area contributed by atoms with Crippen molar-refractivity contribution < 1.29 is 9.36 Å². The number of nitrogens with one attached hydrogen (secondary N) is 1. The van der Waals surface area contributed by atoms with Gasteiger partial charge in [-0.3, -0.25) is 9.36 Å². The smallest absolute Gasteiger partial charge is 0.221 e. The lowest BCUT2D eigenvalue weighted by Crippen LogP contribution is -2.39. The van der Waals surface area contributed by atoms with E-state index in [1.165, 1.54) is 70.6 Å². The van der Waals surface area contributed by atoms with Gasteiger partial charge in [-0.1, -0.05) is 104 Å². The molecule has 0 aromatic carbocycles. The quantitative estimate of drug-likeness (QED) is 0.147. The number of unbranched alkanes of at least 4 members (excludes halogenated alkanes) is 11. The van der Waals surface area contributed by atoms with Gasteiger partial charge in [0.25, 0.3) is 0 Å². The lowest BCUT2D eigenvalue weighted by atomic mass is 10.1. The van der Waals surface area contributed by atoms with E-state index < -0.39 is 7.74 Å². The Morgan fingerprint density at radius 2 is 1.27 bits per heavy atom. The summed E-state index contributed by atoms with van der Waals surface area (Å²) < 4.78 is 11.6. The van der Waals surface area contributed by atoms with Crippen molar-refractivity contribution in [3.8, 4) is 0 Å². The van der Waals surface area contributed by atoms with Gasteiger partial charge in [0.1, 0.15) is 8.01 Å². The molecule has 0 saturated carbocycles.